The van der Waals surface area contributed by atoms with E-state index in [0.717, 1.165) is 0 Å². The van der Waals surface area contributed by atoms with Crippen LogP contribution in [0.2, 0.25) is 0 Å². The summed E-state index contributed by atoms with van der Waals surface area (Å²) in [5, 5.41) is 53.8. The molecule has 0 radical (unpaired) electrons. The highest BCUT2D eigenvalue weighted by Crippen LogP contribution is 2.08. The van der Waals surface area contributed by atoms with Gasteiger partial charge in [0.1, 0.15) is 0 Å². The summed E-state index contributed by atoms with van der Waals surface area (Å²) in [5.41, 5.74) is 0. The van der Waals surface area contributed by atoms with Gasteiger partial charge >= 0.3 is 0 Å². The highest BCUT2D eigenvalue weighted by atomic mass is 16.5. The first-order chi connectivity index (χ1) is 28.8. The second-order valence-electron chi connectivity index (χ2n) is 15.1. The summed E-state index contributed by atoms with van der Waals surface area (Å²) in [5.74, 6) is -2.81. The molecular weight excluding hydrogens is 784 g/mol. The van der Waals surface area contributed by atoms with E-state index in [9.17, 15) is 59.2 Å². The van der Waals surface area contributed by atoms with Gasteiger partial charge in [-0.1, -0.05) is 0 Å². The lowest BCUT2D eigenvalue weighted by molar-refractivity contribution is -0.166. The zero-order valence-corrected chi connectivity index (χ0v) is 35.5. The molecule has 0 aromatic rings. The van der Waals surface area contributed by atoms with E-state index in [4.69, 9.17) is 0 Å². The molecule has 0 aromatic heterocycles. The van der Waals surface area contributed by atoms with E-state index in [1.165, 1.54) is 0 Å². The fraction of sp³-hybridized carbons (Fsp3) is 0.800. The molecule has 1 fully saturated rings. The van der Waals surface area contributed by atoms with Crippen molar-refractivity contribution < 1.29 is 59.2 Å². The van der Waals surface area contributed by atoms with Gasteiger partial charge in [-0.05, 0) is 103 Å². The molecular formula is C40H72N8O12. The summed E-state index contributed by atoms with van der Waals surface area (Å²) in [6.45, 7) is 2.10. The van der Waals surface area contributed by atoms with Gasteiger partial charge in [0.15, 0.2) is 0 Å². The Bertz CT molecular complexity index is 1110. The first-order valence-corrected chi connectivity index (χ1v) is 21.8. The maximum Gasteiger partial charge on any atom is 0.245 e. The predicted molar refractivity (Wildman–Crippen MR) is 217 cm³/mol. The Morgan fingerprint density at radius 2 is 0.467 bits per heavy atom. The van der Waals surface area contributed by atoms with Crippen LogP contribution in [0.1, 0.15) is 154 Å². The second kappa shape index (κ2) is 34.3. The molecule has 0 aromatic carbocycles. The number of nitrogens with one attached hydrogen (secondary N) is 4. The number of amides is 8. The lowest BCUT2D eigenvalue weighted by atomic mass is 10.2. The summed E-state index contributed by atoms with van der Waals surface area (Å²) in [4.78, 5) is 97.4. The number of hydroxylamine groups is 8. The van der Waals surface area contributed by atoms with Gasteiger partial charge in [0.25, 0.3) is 0 Å². The van der Waals surface area contributed by atoms with Crippen molar-refractivity contribution in [1.82, 2.24) is 41.5 Å². The standard InChI is InChI=1S/C40H72N8O12/c49-33-17-13-22-38(54)46(58)30-10-3-7-27-43-35(51)19-15-24-40(56)48(60)32-12-4-8-28-44-36(52)20-16-23-39(55)47(59)31-11-2-6-26-42-34(50)18-14-21-37(53)45(57)29-9-1-5-25-41-33/h57-60H,1-32H2,(H,41,49)(H,42,50)(H,43,51)(H,44,52). The van der Waals surface area contributed by atoms with Crippen molar-refractivity contribution in [2.24, 2.45) is 0 Å². The molecule has 1 aliphatic rings. The summed E-state index contributed by atoms with van der Waals surface area (Å²) in [7, 11) is 0. The van der Waals surface area contributed by atoms with Gasteiger partial charge in [0.05, 0.1) is 0 Å². The molecule has 0 aliphatic carbocycles. The third-order valence-electron chi connectivity index (χ3n) is 9.80. The Balaban J connectivity index is 2.46. The van der Waals surface area contributed by atoms with Crippen LogP contribution >= 0.6 is 0 Å². The van der Waals surface area contributed by atoms with Crippen LogP contribution in [0.25, 0.3) is 0 Å². The molecule has 0 spiro atoms. The maximum atomic E-state index is 12.2. The SMILES string of the molecule is O=C1CCCC(=O)N(O)CCCCCNC(=O)CCCC(=O)N(O)CCCCCNC(=O)CCCC(=O)N(O)CCCCCNC(=O)CCCC(=O)N(O)CCCCCN1. The quantitative estimate of drug-likeness (QED) is 0.163. The minimum atomic E-state index is -0.482. The molecule has 0 unspecified atom stereocenters. The first kappa shape index (κ1) is 53.6. The Labute approximate surface area is 353 Å². The number of rotatable bonds is 0. The number of hydrogen-bond acceptors (Lipinski definition) is 12. The maximum absolute atomic E-state index is 12.2. The van der Waals surface area contributed by atoms with Crippen molar-refractivity contribution in [1.29, 1.82) is 0 Å². The third kappa shape index (κ3) is 28.9. The number of nitrogens with zero attached hydrogens (tertiary/aromatic N) is 4. The zero-order valence-electron chi connectivity index (χ0n) is 35.5. The van der Waals surface area contributed by atoms with Gasteiger partial charge in [0.2, 0.25) is 47.3 Å². The molecule has 0 bridgehead atoms. The average molecular weight is 857 g/mol. The number of hydrogen-bond donors (Lipinski definition) is 8. The van der Waals surface area contributed by atoms with Crippen molar-refractivity contribution in [3.63, 3.8) is 0 Å². The molecule has 1 rings (SSSR count). The fourth-order valence-electron chi connectivity index (χ4n) is 6.13. The van der Waals surface area contributed by atoms with Crippen molar-refractivity contribution >= 4 is 47.3 Å². The molecule has 0 saturated carbocycles. The normalized spacial score (nSPS) is 21.5. The van der Waals surface area contributed by atoms with Crippen molar-refractivity contribution in [2.75, 3.05) is 52.4 Å². The summed E-state index contributed by atoms with van der Waals surface area (Å²) in [6.07, 6.45) is 8.81. The van der Waals surface area contributed by atoms with Crippen LogP contribution < -0.4 is 21.3 Å². The molecule has 20 heteroatoms. The van der Waals surface area contributed by atoms with Gasteiger partial charge in [-0.15, -0.1) is 0 Å². The first-order valence-electron chi connectivity index (χ1n) is 21.8. The van der Waals surface area contributed by atoms with Crippen LogP contribution in [0.5, 0.6) is 0 Å². The predicted octanol–water partition coefficient (Wildman–Crippen LogP) is 2.70. The van der Waals surface area contributed by atoms with Crippen molar-refractivity contribution in [3.05, 3.63) is 0 Å². The lowest BCUT2D eigenvalue weighted by Crippen LogP contribution is -2.30. The van der Waals surface area contributed by atoms with Crippen LogP contribution in [0.3, 0.4) is 0 Å². The molecule has 1 aliphatic heterocycles. The van der Waals surface area contributed by atoms with E-state index in [0.29, 0.717) is 123 Å². The van der Waals surface area contributed by atoms with Gasteiger partial charge < -0.3 is 21.3 Å². The lowest BCUT2D eigenvalue weighted by Gasteiger charge is -2.15. The number of carbonyl (C=O) groups excluding carboxylic acids is 8. The molecule has 8 N–H and O–H groups in total. The highest BCUT2D eigenvalue weighted by molar-refractivity contribution is 5.80. The third-order valence-corrected chi connectivity index (χ3v) is 9.80. The van der Waals surface area contributed by atoms with E-state index in [2.05, 4.69) is 21.3 Å². The summed E-state index contributed by atoms with van der Waals surface area (Å²) in [6, 6.07) is 0. The molecule has 344 valence electrons. The smallest absolute Gasteiger partial charge is 0.245 e. The Morgan fingerprint density at radius 3 is 0.667 bits per heavy atom. The molecule has 8 amide bonds. The largest absolute Gasteiger partial charge is 0.356 e. The minimum absolute atomic E-state index is 0.0124. The molecule has 1 heterocycles. The van der Waals surface area contributed by atoms with Crippen LogP contribution in [0.4, 0.5) is 0 Å². The molecule has 0 atom stereocenters. The van der Waals surface area contributed by atoms with E-state index >= 15 is 0 Å². The van der Waals surface area contributed by atoms with E-state index in [1.807, 2.05) is 0 Å². The molecule has 20 nitrogen and oxygen atoms in total. The Kier molecular flexibility index (Phi) is 30.7. The van der Waals surface area contributed by atoms with E-state index in [1.54, 1.807) is 0 Å². The van der Waals surface area contributed by atoms with E-state index < -0.39 is 23.6 Å². The minimum Gasteiger partial charge on any atom is -0.356 e. The number of carbonyl (C=O) groups is 8. The van der Waals surface area contributed by atoms with Gasteiger partial charge in [-0.2, -0.15) is 0 Å². The summed E-state index contributed by atoms with van der Waals surface area (Å²) >= 11 is 0. The highest BCUT2D eigenvalue weighted by Gasteiger charge is 2.15. The molecule has 1 saturated heterocycles. The molecule has 60 heavy (non-hydrogen) atoms. The van der Waals surface area contributed by atoms with Crippen LogP contribution in [0, 0.1) is 0 Å². The van der Waals surface area contributed by atoms with Crippen molar-refractivity contribution in [3.8, 4) is 0 Å². The second-order valence-corrected chi connectivity index (χ2v) is 15.1. The summed E-state index contributed by atoms with van der Waals surface area (Å²) < 4.78 is 0. The van der Waals surface area contributed by atoms with Crippen molar-refractivity contribution in [2.45, 2.75) is 154 Å². The topological polar surface area (TPSA) is 279 Å². The zero-order chi connectivity index (χ0) is 44.4. The fourth-order valence-corrected chi connectivity index (χ4v) is 6.13. The van der Waals surface area contributed by atoms with Gasteiger partial charge in [-0.25, -0.2) is 20.3 Å². The van der Waals surface area contributed by atoms with Crippen LogP contribution in [-0.4, -0.2) is 141 Å². The van der Waals surface area contributed by atoms with E-state index in [-0.39, 0.29) is 127 Å². The monoisotopic (exact) mass is 857 g/mol. The van der Waals surface area contributed by atoms with Gasteiger partial charge in [0, 0.05) is 104 Å². The average Bonchev–Trinajstić information content (AvgIpc) is 3.21. The van der Waals surface area contributed by atoms with Crippen LogP contribution in [-0.2, 0) is 38.4 Å². The Morgan fingerprint density at radius 1 is 0.267 bits per heavy atom. The Hall–Kier alpha value is -4.40. The van der Waals surface area contributed by atoms with Crippen LogP contribution in [0.15, 0.2) is 0 Å². The van der Waals surface area contributed by atoms with Gasteiger partial charge in [-0.3, -0.25) is 59.2 Å².